The van der Waals surface area contributed by atoms with Crippen LogP contribution in [-0.2, 0) is 14.9 Å². The Morgan fingerprint density at radius 3 is 2.65 bits per heavy atom. The Morgan fingerprint density at radius 1 is 1.19 bits per heavy atom. The Kier molecular flexibility index (Phi) is 6.42. The van der Waals surface area contributed by atoms with E-state index in [4.69, 9.17) is 13.7 Å². The van der Waals surface area contributed by atoms with E-state index >= 15 is 0 Å². The number of unbranched alkanes of at least 4 members (excludes halogenated alkanes) is 3. The molecule has 6 nitrogen and oxygen atoms in total. The fourth-order valence-corrected chi connectivity index (χ4v) is 4.22. The third-order valence-corrected chi connectivity index (χ3v) is 5.49. The molecule has 0 saturated carbocycles. The molecule has 2 aliphatic rings. The number of hydrogen-bond acceptors (Lipinski definition) is 6. The highest BCUT2D eigenvalue weighted by Gasteiger charge is 2.38. The van der Waals surface area contributed by atoms with E-state index in [-0.39, 0.29) is 12.1 Å². The normalized spacial score (nSPS) is 23.5. The Bertz CT molecular complexity index is 700. The van der Waals surface area contributed by atoms with Crippen molar-refractivity contribution in [2.45, 2.75) is 51.2 Å². The number of fused-ring (bicyclic) bond motifs is 1. The quantitative estimate of drug-likeness (QED) is 0.508. The van der Waals surface area contributed by atoms with Crippen molar-refractivity contribution in [1.82, 2.24) is 4.90 Å². The molecular weight excluding hydrogens is 354 g/mol. The van der Waals surface area contributed by atoms with Crippen molar-refractivity contribution in [1.29, 1.82) is 0 Å². The maximum absolute atomic E-state index is 11.5. The molecule has 2 aliphatic heterocycles. The van der Waals surface area contributed by atoms with Gasteiger partial charge in [0.25, 0.3) is 0 Å². The molecule has 1 aromatic rings. The van der Waals surface area contributed by atoms with Gasteiger partial charge in [-0.15, -0.1) is 0 Å². The molecule has 0 radical (unpaired) electrons. The first-order valence-corrected chi connectivity index (χ1v) is 11.3. The van der Waals surface area contributed by atoms with Crippen molar-refractivity contribution >= 4 is 10.1 Å². The molecule has 2 unspecified atom stereocenters. The minimum atomic E-state index is -3.54. The molecule has 3 rings (SSSR count). The Morgan fingerprint density at radius 2 is 1.96 bits per heavy atom. The monoisotopic (exact) mass is 383 g/mol. The van der Waals surface area contributed by atoms with Crippen LogP contribution in [0.4, 0.5) is 0 Å². The van der Waals surface area contributed by atoms with E-state index in [0.717, 1.165) is 56.7 Å². The summed E-state index contributed by atoms with van der Waals surface area (Å²) < 4.78 is 39.7. The van der Waals surface area contributed by atoms with E-state index in [9.17, 15) is 8.42 Å². The van der Waals surface area contributed by atoms with Gasteiger partial charge in [-0.25, -0.2) is 0 Å². The molecule has 0 aliphatic carbocycles. The van der Waals surface area contributed by atoms with Gasteiger partial charge in [0.2, 0.25) is 0 Å². The maximum Gasteiger partial charge on any atom is 0.306 e. The van der Waals surface area contributed by atoms with Crippen molar-refractivity contribution < 1.29 is 22.1 Å². The van der Waals surface area contributed by atoms with E-state index in [1.165, 1.54) is 19.3 Å². The lowest BCUT2D eigenvalue weighted by molar-refractivity contribution is -0.0475. The molecule has 2 heterocycles. The van der Waals surface area contributed by atoms with Crippen LogP contribution < -0.4 is 8.92 Å². The minimum Gasteiger partial charge on any atom is -0.474 e. The van der Waals surface area contributed by atoms with Crippen LogP contribution in [0, 0.1) is 0 Å². The number of ether oxygens (including phenoxy) is 2. The summed E-state index contributed by atoms with van der Waals surface area (Å²) in [7, 11) is -3.54. The topological polar surface area (TPSA) is 65.1 Å². The van der Waals surface area contributed by atoms with Gasteiger partial charge in [-0.05, 0) is 24.6 Å². The van der Waals surface area contributed by atoms with Crippen molar-refractivity contribution in [3.8, 4) is 11.5 Å². The van der Waals surface area contributed by atoms with Gasteiger partial charge >= 0.3 is 10.1 Å². The van der Waals surface area contributed by atoms with E-state index in [1.807, 2.05) is 12.1 Å². The zero-order valence-electron chi connectivity index (χ0n) is 15.6. The van der Waals surface area contributed by atoms with Gasteiger partial charge in [0, 0.05) is 24.6 Å². The van der Waals surface area contributed by atoms with Gasteiger partial charge in [0.05, 0.1) is 19.5 Å². The van der Waals surface area contributed by atoms with E-state index < -0.39 is 10.1 Å². The summed E-state index contributed by atoms with van der Waals surface area (Å²) in [5.41, 5.74) is 1.05. The molecule has 0 bridgehead atoms. The highest BCUT2D eigenvalue weighted by Crippen LogP contribution is 2.44. The molecule has 2 atom stereocenters. The van der Waals surface area contributed by atoms with Gasteiger partial charge in [-0.1, -0.05) is 32.6 Å². The summed E-state index contributed by atoms with van der Waals surface area (Å²) >= 11 is 0. The third kappa shape index (κ3) is 4.90. The third-order valence-electron chi connectivity index (χ3n) is 4.99. The number of nitrogens with zero attached hydrogens (tertiary/aromatic N) is 1. The minimum absolute atomic E-state index is 0.0102. The van der Waals surface area contributed by atoms with E-state index in [0.29, 0.717) is 5.75 Å². The molecule has 1 saturated heterocycles. The zero-order valence-corrected chi connectivity index (χ0v) is 16.5. The molecule has 0 spiro atoms. The van der Waals surface area contributed by atoms with Crippen LogP contribution in [0.5, 0.6) is 11.5 Å². The van der Waals surface area contributed by atoms with Crippen LogP contribution in [0.25, 0.3) is 0 Å². The van der Waals surface area contributed by atoms with Gasteiger partial charge < -0.3 is 13.7 Å². The summed E-state index contributed by atoms with van der Waals surface area (Å²) in [5, 5.41) is 0. The second kappa shape index (κ2) is 8.59. The predicted octanol–water partition coefficient (Wildman–Crippen LogP) is 3.13. The smallest absolute Gasteiger partial charge is 0.306 e. The van der Waals surface area contributed by atoms with Crippen LogP contribution in [0.3, 0.4) is 0 Å². The average molecular weight is 384 g/mol. The molecule has 1 fully saturated rings. The lowest BCUT2D eigenvalue weighted by Crippen LogP contribution is -2.47. The summed E-state index contributed by atoms with van der Waals surface area (Å²) in [4.78, 5) is 2.34. The highest BCUT2D eigenvalue weighted by atomic mass is 32.2. The lowest BCUT2D eigenvalue weighted by Gasteiger charge is -2.34. The second-order valence-corrected chi connectivity index (χ2v) is 8.67. The summed E-state index contributed by atoms with van der Waals surface area (Å²) in [5.74, 6) is 1.42. The number of hydrogen-bond donors (Lipinski definition) is 0. The van der Waals surface area contributed by atoms with Gasteiger partial charge in [-0.3, -0.25) is 4.90 Å². The average Bonchev–Trinajstić information content (AvgIpc) is 2.96. The highest BCUT2D eigenvalue weighted by molar-refractivity contribution is 7.86. The summed E-state index contributed by atoms with van der Waals surface area (Å²) in [6.07, 6.45) is 6.87. The van der Waals surface area contributed by atoms with Gasteiger partial charge in [-0.2, -0.15) is 8.42 Å². The molecule has 0 N–H and O–H groups in total. The van der Waals surface area contributed by atoms with E-state index in [2.05, 4.69) is 11.8 Å². The van der Waals surface area contributed by atoms with Gasteiger partial charge in [0.15, 0.2) is 6.23 Å². The Labute approximate surface area is 156 Å². The molecular formula is C19H29NO5S. The van der Waals surface area contributed by atoms with Crippen molar-refractivity contribution in [2.75, 3.05) is 32.6 Å². The van der Waals surface area contributed by atoms with Crippen molar-refractivity contribution in [2.24, 2.45) is 0 Å². The SMILES string of the molecule is CCCCCCC1c2cc(OS(C)(=O)=O)ccc2OC1N1CCOCC1. The standard InChI is InChI=1S/C19H29NO5S/c1-3-4-5-6-7-16-17-14-15(25-26(2,21)22)8-9-18(17)24-19(16)20-10-12-23-13-11-20/h8-9,14,16,19H,3-7,10-13H2,1-2H3. The number of benzene rings is 1. The Hall–Kier alpha value is -1.31. The number of morpholine rings is 1. The van der Waals surface area contributed by atoms with Crippen LogP contribution in [0.1, 0.15) is 50.5 Å². The van der Waals surface area contributed by atoms with Crippen LogP contribution >= 0.6 is 0 Å². The Balaban J connectivity index is 1.80. The first kappa shape index (κ1) is 19.5. The molecule has 26 heavy (non-hydrogen) atoms. The second-order valence-electron chi connectivity index (χ2n) is 7.10. The fourth-order valence-electron chi connectivity index (χ4n) is 3.77. The largest absolute Gasteiger partial charge is 0.474 e. The van der Waals surface area contributed by atoms with Crippen LogP contribution in [0.15, 0.2) is 18.2 Å². The molecule has 0 amide bonds. The maximum atomic E-state index is 11.5. The lowest BCUT2D eigenvalue weighted by atomic mass is 9.92. The van der Waals surface area contributed by atoms with E-state index in [1.54, 1.807) is 6.07 Å². The van der Waals surface area contributed by atoms with Crippen LogP contribution in [-0.4, -0.2) is 52.1 Å². The zero-order chi connectivity index (χ0) is 18.6. The fraction of sp³-hybridized carbons (Fsp3) is 0.684. The van der Waals surface area contributed by atoms with Gasteiger partial charge in [0.1, 0.15) is 11.5 Å². The molecule has 146 valence electrons. The molecule has 7 heteroatoms. The van der Waals surface area contributed by atoms with Crippen LogP contribution in [0.2, 0.25) is 0 Å². The first-order chi connectivity index (χ1) is 12.5. The summed E-state index contributed by atoms with van der Waals surface area (Å²) in [6, 6.07) is 5.33. The summed E-state index contributed by atoms with van der Waals surface area (Å²) in [6.45, 7) is 5.37. The molecule has 1 aromatic carbocycles. The van der Waals surface area contributed by atoms with Crippen molar-refractivity contribution in [3.63, 3.8) is 0 Å². The predicted molar refractivity (Wildman–Crippen MR) is 100 cm³/mol. The molecule has 0 aromatic heterocycles. The first-order valence-electron chi connectivity index (χ1n) is 9.50. The number of rotatable bonds is 8. The van der Waals surface area contributed by atoms with Crippen molar-refractivity contribution in [3.05, 3.63) is 23.8 Å².